The minimum Gasteiger partial charge on any atom is -0.364 e. The van der Waals surface area contributed by atoms with E-state index in [2.05, 4.69) is 20.5 Å². The average molecular weight is 200 g/mol. The Balaban J connectivity index is 1.99. The van der Waals surface area contributed by atoms with Gasteiger partial charge in [0.25, 0.3) is 0 Å². The predicted molar refractivity (Wildman–Crippen MR) is 58.3 cm³/mol. The maximum atomic E-state index is 4.04. The molecule has 0 saturated carbocycles. The SMILES string of the molecule is Cc1cnnc(NCc2cccnc2)c1. The quantitative estimate of drug-likeness (QED) is 0.820. The highest BCUT2D eigenvalue weighted by Gasteiger charge is 1.95. The van der Waals surface area contributed by atoms with Gasteiger partial charge in [-0.1, -0.05) is 6.07 Å². The van der Waals surface area contributed by atoms with E-state index in [-0.39, 0.29) is 0 Å². The maximum absolute atomic E-state index is 4.04. The van der Waals surface area contributed by atoms with Gasteiger partial charge in [0, 0.05) is 18.9 Å². The van der Waals surface area contributed by atoms with Crippen molar-refractivity contribution in [3.05, 3.63) is 47.9 Å². The molecule has 0 aliphatic rings. The van der Waals surface area contributed by atoms with Gasteiger partial charge in [-0.25, -0.2) is 0 Å². The van der Waals surface area contributed by atoms with E-state index < -0.39 is 0 Å². The number of anilines is 1. The number of hydrogen-bond acceptors (Lipinski definition) is 4. The third kappa shape index (κ3) is 2.74. The standard InChI is InChI=1S/C11H12N4/c1-9-5-11(15-14-6-9)13-8-10-3-2-4-12-7-10/h2-7H,8H2,1H3,(H,13,15). The summed E-state index contributed by atoms with van der Waals surface area (Å²) in [6.45, 7) is 2.70. The van der Waals surface area contributed by atoms with E-state index in [1.165, 1.54) is 0 Å². The van der Waals surface area contributed by atoms with Gasteiger partial charge in [-0.05, 0) is 30.2 Å². The van der Waals surface area contributed by atoms with Gasteiger partial charge in [0.15, 0.2) is 0 Å². The zero-order valence-electron chi connectivity index (χ0n) is 8.51. The first-order valence-corrected chi connectivity index (χ1v) is 4.77. The van der Waals surface area contributed by atoms with E-state index in [0.29, 0.717) is 6.54 Å². The van der Waals surface area contributed by atoms with Crippen LogP contribution in [0.4, 0.5) is 5.82 Å². The lowest BCUT2D eigenvalue weighted by atomic mass is 10.3. The summed E-state index contributed by atoms with van der Waals surface area (Å²) in [6.07, 6.45) is 5.32. The third-order valence-electron chi connectivity index (χ3n) is 1.99. The van der Waals surface area contributed by atoms with Crippen LogP contribution in [0.3, 0.4) is 0 Å². The highest BCUT2D eigenvalue weighted by Crippen LogP contribution is 2.05. The van der Waals surface area contributed by atoms with E-state index in [0.717, 1.165) is 16.9 Å². The van der Waals surface area contributed by atoms with Crippen LogP contribution < -0.4 is 5.32 Å². The second-order valence-corrected chi connectivity index (χ2v) is 3.33. The van der Waals surface area contributed by atoms with Crippen molar-refractivity contribution >= 4 is 5.82 Å². The van der Waals surface area contributed by atoms with Crippen LogP contribution >= 0.6 is 0 Å². The summed E-state index contributed by atoms with van der Waals surface area (Å²) in [7, 11) is 0. The average Bonchev–Trinajstić information content (AvgIpc) is 2.28. The second kappa shape index (κ2) is 4.50. The van der Waals surface area contributed by atoms with E-state index in [1.807, 2.05) is 31.3 Å². The monoisotopic (exact) mass is 200 g/mol. The first-order chi connectivity index (χ1) is 7.34. The Hall–Kier alpha value is -1.97. The van der Waals surface area contributed by atoms with E-state index in [9.17, 15) is 0 Å². The molecule has 0 bridgehead atoms. The first kappa shape index (κ1) is 9.58. The van der Waals surface area contributed by atoms with Crippen LogP contribution in [0.2, 0.25) is 0 Å². The minimum absolute atomic E-state index is 0.714. The first-order valence-electron chi connectivity index (χ1n) is 4.77. The van der Waals surface area contributed by atoms with Crippen molar-refractivity contribution in [2.45, 2.75) is 13.5 Å². The fraction of sp³-hybridized carbons (Fsp3) is 0.182. The predicted octanol–water partition coefficient (Wildman–Crippen LogP) is 1.79. The molecule has 1 N–H and O–H groups in total. The normalized spacial score (nSPS) is 9.93. The van der Waals surface area contributed by atoms with Crippen molar-refractivity contribution < 1.29 is 0 Å². The van der Waals surface area contributed by atoms with Gasteiger partial charge in [0.05, 0.1) is 6.20 Å². The third-order valence-corrected chi connectivity index (χ3v) is 1.99. The number of hydrogen-bond donors (Lipinski definition) is 1. The smallest absolute Gasteiger partial charge is 0.149 e. The van der Waals surface area contributed by atoms with Gasteiger partial charge < -0.3 is 5.32 Å². The summed E-state index contributed by atoms with van der Waals surface area (Å²) in [5.41, 5.74) is 2.22. The highest BCUT2D eigenvalue weighted by atomic mass is 15.2. The Bertz CT molecular complexity index is 428. The summed E-state index contributed by atoms with van der Waals surface area (Å²) >= 11 is 0. The van der Waals surface area contributed by atoms with Crippen molar-refractivity contribution in [1.82, 2.24) is 15.2 Å². The molecule has 76 valence electrons. The number of nitrogens with one attached hydrogen (secondary N) is 1. The molecular formula is C11H12N4. The fourth-order valence-electron chi connectivity index (χ4n) is 1.25. The maximum Gasteiger partial charge on any atom is 0.149 e. The number of nitrogens with zero attached hydrogens (tertiary/aromatic N) is 3. The summed E-state index contributed by atoms with van der Waals surface area (Å²) in [6, 6.07) is 5.89. The van der Waals surface area contributed by atoms with E-state index in [4.69, 9.17) is 0 Å². The summed E-state index contributed by atoms with van der Waals surface area (Å²) < 4.78 is 0. The molecule has 0 radical (unpaired) electrons. The molecule has 2 rings (SSSR count). The molecule has 15 heavy (non-hydrogen) atoms. The molecule has 4 heteroatoms. The molecular weight excluding hydrogens is 188 g/mol. The van der Waals surface area contributed by atoms with Gasteiger partial charge in [-0.3, -0.25) is 4.98 Å². The Kier molecular flexibility index (Phi) is 2.88. The largest absolute Gasteiger partial charge is 0.364 e. The van der Waals surface area contributed by atoms with E-state index in [1.54, 1.807) is 12.4 Å². The van der Waals surface area contributed by atoms with Crippen molar-refractivity contribution in [3.8, 4) is 0 Å². The number of pyridine rings is 1. The Morgan fingerprint density at radius 2 is 2.27 bits per heavy atom. The fourth-order valence-corrected chi connectivity index (χ4v) is 1.25. The zero-order chi connectivity index (χ0) is 10.5. The van der Waals surface area contributed by atoms with Crippen LogP contribution in [-0.4, -0.2) is 15.2 Å². The Morgan fingerprint density at radius 3 is 3.00 bits per heavy atom. The Labute approximate surface area is 88.4 Å². The number of rotatable bonds is 3. The molecule has 0 aromatic carbocycles. The molecule has 0 amide bonds. The Morgan fingerprint density at radius 1 is 1.33 bits per heavy atom. The van der Waals surface area contributed by atoms with Gasteiger partial charge >= 0.3 is 0 Å². The van der Waals surface area contributed by atoms with Crippen molar-refractivity contribution in [1.29, 1.82) is 0 Å². The summed E-state index contributed by atoms with van der Waals surface area (Å²) in [4.78, 5) is 4.04. The number of aromatic nitrogens is 3. The van der Waals surface area contributed by atoms with Gasteiger partial charge in [0.1, 0.15) is 5.82 Å². The van der Waals surface area contributed by atoms with Gasteiger partial charge in [-0.2, -0.15) is 5.10 Å². The van der Waals surface area contributed by atoms with Crippen LogP contribution in [0, 0.1) is 6.92 Å². The molecule has 0 atom stereocenters. The van der Waals surface area contributed by atoms with Crippen LogP contribution in [0.15, 0.2) is 36.8 Å². The molecule has 0 saturated heterocycles. The summed E-state index contributed by atoms with van der Waals surface area (Å²) in [5.74, 6) is 0.791. The molecule has 0 spiro atoms. The summed E-state index contributed by atoms with van der Waals surface area (Å²) in [5, 5.41) is 11.0. The topological polar surface area (TPSA) is 50.7 Å². The molecule has 0 unspecified atom stereocenters. The van der Waals surface area contributed by atoms with Crippen LogP contribution in [0.5, 0.6) is 0 Å². The van der Waals surface area contributed by atoms with Crippen LogP contribution in [-0.2, 0) is 6.54 Å². The molecule has 4 nitrogen and oxygen atoms in total. The van der Waals surface area contributed by atoms with Gasteiger partial charge in [0.2, 0.25) is 0 Å². The molecule has 2 aromatic heterocycles. The minimum atomic E-state index is 0.714. The van der Waals surface area contributed by atoms with Crippen LogP contribution in [0.25, 0.3) is 0 Å². The van der Waals surface area contributed by atoms with Gasteiger partial charge in [-0.15, -0.1) is 5.10 Å². The molecule has 0 aliphatic carbocycles. The lowest BCUT2D eigenvalue weighted by Gasteiger charge is -2.04. The number of aryl methyl sites for hydroxylation is 1. The van der Waals surface area contributed by atoms with Crippen molar-refractivity contribution in [2.24, 2.45) is 0 Å². The van der Waals surface area contributed by atoms with Crippen molar-refractivity contribution in [3.63, 3.8) is 0 Å². The second-order valence-electron chi connectivity index (χ2n) is 3.33. The van der Waals surface area contributed by atoms with Crippen LogP contribution in [0.1, 0.15) is 11.1 Å². The highest BCUT2D eigenvalue weighted by molar-refractivity contribution is 5.35. The van der Waals surface area contributed by atoms with Crippen molar-refractivity contribution in [2.75, 3.05) is 5.32 Å². The molecule has 2 heterocycles. The molecule has 0 fully saturated rings. The molecule has 0 aliphatic heterocycles. The van der Waals surface area contributed by atoms with E-state index >= 15 is 0 Å². The molecule has 2 aromatic rings. The lowest BCUT2D eigenvalue weighted by Crippen LogP contribution is -2.02. The zero-order valence-corrected chi connectivity index (χ0v) is 8.51. The lowest BCUT2D eigenvalue weighted by molar-refractivity contribution is 0.985.